The highest BCUT2D eigenvalue weighted by Crippen LogP contribution is 2.34. The molecule has 0 aliphatic rings. The molecule has 2 rings (SSSR count). The highest BCUT2D eigenvalue weighted by molar-refractivity contribution is 5.97. The molecule has 2 aromatic rings. The lowest BCUT2D eigenvalue weighted by molar-refractivity contribution is -0.124. The van der Waals surface area contributed by atoms with Gasteiger partial charge in [-0.15, -0.1) is 0 Å². The maximum atomic E-state index is 15.2. The molecule has 0 aliphatic heterocycles. The van der Waals surface area contributed by atoms with E-state index >= 15 is 8.78 Å². The molecule has 1 N–H and O–H groups in total. The van der Waals surface area contributed by atoms with Gasteiger partial charge in [-0.25, -0.2) is 8.78 Å². The Morgan fingerprint density at radius 2 is 1.61 bits per heavy atom. The molecule has 1 amide bonds. The highest BCUT2D eigenvalue weighted by atomic mass is 19.1. The smallest absolute Gasteiger partial charge is 0.248 e. The number of carbonyl (C=O) groups excluding carboxylic acids is 1. The Bertz CT molecular complexity index is 884. The Morgan fingerprint density at radius 3 is 2.11 bits per heavy atom. The minimum absolute atomic E-state index is 0.115. The van der Waals surface area contributed by atoms with Gasteiger partial charge in [0.15, 0.2) is 0 Å². The van der Waals surface area contributed by atoms with Crippen LogP contribution in [0.25, 0.3) is 17.2 Å². The maximum absolute atomic E-state index is 15.2. The van der Waals surface area contributed by atoms with Crippen LogP contribution in [0.15, 0.2) is 29.8 Å². The molecule has 28 heavy (non-hydrogen) atoms. The van der Waals surface area contributed by atoms with Crippen molar-refractivity contribution in [3.63, 3.8) is 0 Å². The molecule has 0 unspecified atom stereocenters. The van der Waals surface area contributed by atoms with Crippen LogP contribution in [0.1, 0.15) is 37.5 Å². The molecular weight excluding hydrogens is 358 g/mol. The van der Waals surface area contributed by atoms with Gasteiger partial charge in [0, 0.05) is 42.5 Å². The van der Waals surface area contributed by atoms with Crippen LogP contribution in [0.2, 0.25) is 0 Å². The van der Waals surface area contributed by atoms with Gasteiger partial charge < -0.3 is 10.2 Å². The number of nitrogens with one attached hydrogen (secondary N) is 1. The van der Waals surface area contributed by atoms with Gasteiger partial charge in [0.1, 0.15) is 11.6 Å². The van der Waals surface area contributed by atoms with E-state index in [0.717, 1.165) is 5.69 Å². The summed E-state index contributed by atoms with van der Waals surface area (Å²) in [6.45, 7) is 8.77. The summed E-state index contributed by atoms with van der Waals surface area (Å²) < 4.78 is 30.3. The Kier molecular flexibility index (Phi) is 6.60. The first-order valence-electron chi connectivity index (χ1n) is 9.29. The van der Waals surface area contributed by atoms with Crippen molar-refractivity contribution in [3.8, 4) is 11.1 Å². The minimum atomic E-state index is -0.510. The summed E-state index contributed by atoms with van der Waals surface area (Å²) in [5.74, 6) is -1.22. The summed E-state index contributed by atoms with van der Waals surface area (Å²) in [5, 5.41) is 3.27. The Hall–Kier alpha value is -2.69. The molecule has 0 saturated heterocycles. The predicted molar refractivity (Wildman–Crippen MR) is 112 cm³/mol. The van der Waals surface area contributed by atoms with Gasteiger partial charge in [0.2, 0.25) is 5.91 Å². The number of benzene rings is 2. The van der Waals surface area contributed by atoms with Crippen molar-refractivity contribution < 1.29 is 13.6 Å². The monoisotopic (exact) mass is 386 g/mol. The van der Waals surface area contributed by atoms with E-state index < -0.39 is 11.6 Å². The second kappa shape index (κ2) is 8.55. The van der Waals surface area contributed by atoms with Crippen molar-refractivity contribution in [1.29, 1.82) is 0 Å². The molecule has 0 aromatic heterocycles. The van der Waals surface area contributed by atoms with Crippen molar-refractivity contribution in [2.75, 3.05) is 19.4 Å². The number of likely N-dealkylation sites (N-methyl/N-ethyl adjacent to an activating group) is 1. The van der Waals surface area contributed by atoms with E-state index in [9.17, 15) is 4.79 Å². The van der Waals surface area contributed by atoms with Crippen molar-refractivity contribution in [3.05, 3.63) is 58.2 Å². The van der Waals surface area contributed by atoms with E-state index in [-0.39, 0.29) is 34.2 Å². The largest absolute Gasteiger partial charge is 0.383 e. The van der Waals surface area contributed by atoms with Crippen molar-refractivity contribution in [1.82, 2.24) is 4.90 Å². The highest BCUT2D eigenvalue weighted by Gasteiger charge is 2.21. The quantitative estimate of drug-likeness (QED) is 0.682. The number of carbonyl (C=O) groups is 1. The fourth-order valence-electron chi connectivity index (χ4n) is 3.16. The molecule has 5 heteroatoms. The van der Waals surface area contributed by atoms with E-state index in [0.29, 0.717) is 11.1 Å². The van der Waals surface area contributed by atoms with Crippen LogP contribution in [0.5, 0.6) is 0 Å². The molecule has 150 valence electrons. The summed E-state index contributed by atoms with van der Waals surface area (Å²) in [4.78, 5) is 13.5. The van der Waals surface area contributed by atoms with E-state index in [1.807, 2.05) is 26.0 Å². The van der Waals surface area contributed by atoms with Crippen LogP contribution in [0.4, 0.5) is 14.5 Å². The first kappa shape index (κ1) is 21.6. The van der Waals surface area contributed by atoms with Crippen LogP contribution < -0.4 is 5.32 Å². The van der Waals surface area contributed by atoms with Crippen LogP contribution in [0, 0.1) is 25.5 Å². The van der Waals surface area contributed by atoms with Crippen molar-refractivity contribution >= 4 is 17.7 Å². The molecule has 0 fully saturated rings. The van der Waals surface area contributed by atoms with E-state index in [4.69, 9.17) is 0 Å². The zero-order valence-corrected chi connectivity index (χ0v) is 17.6. The third-order valence-corrected chi connectivity index (χ3v) is 4.63. The molecule has 0 spiro atoms. The zero-order valence-electron chi connectivity index (χ0n) is 17.6. The topological polar surface area (TPSA) is 32.3 Å². The Labute approximate surface area is 166 Å². The standard InChI is InChI=1S/C23H28F2N2O/c1-13(2)26-18-10-8-17(9-11-18)20-16(5)21(24)19(15(4)22(20)25)12-14(3)23(28)27(6)7/h8-13,26H,1-7H3. The average Bonchev–Trinajstić information content (AvgIpc) is 2.63. The van der Waals surface area contributed by atoms with Gasteiger partial charge in [0.05, 0.1) is 0 Å². The first-order valence-corrected chi connectivity index (χ1v) is 9.29. The van der Waals surface area contributed by atoms with Crippen LogP contribution >= 0.6 is 0 Å². The summed E-state index contributed by atoms with van der Waals surface area (Å²) in [5.41, 5.74) is 2.67. The second-order valence-electron chi connectivity index (χ2n) is 7.57. The Balaban J connectivity index is 2.56. The van der Waals surface area contributed by atoms with Crippen molar-refractivity contribution in [2.24, 2.45) is 0 Å². The molecule has 0 heterocycles. The van der Waals surface area contributed by atoms with Gasteiger partial charge in [-0.05, 0) is 69.5 Å². The molecule has 0 bridgehead atoms. The fraction of sp³-hybridized carbons (Fsp3) is 0.348. The summed E-state index contributed by atoms with van der Waals surface area (Å²) in [6, 6.07) is 7.56. The number of nitrogens with zero attached hydrogens (tertiary/aromatic N) is 1. The van der Waals surface area contributed by atoms with E-state index in [1.165, 1.54) is 17.9 Å². The first-order chi connectivity index (χ1) is 13.0. The molecule has 2 aromatic carbocycles. The summed E-state index contributed by atoms with van der Waals surface area (Å²) in [6.07, 6.45) is 1.42. The number of amides is 1. The van der Waals surface area contributed by atoms with E-state index in [1.54, 1.807) is 40.1 Å². The summed E-state index contributed by atoms with van der Waals surface area (Å²) >= 11 is 0. The van der Waals surface area contributed by atoms with Gasteiger partial charge >= 0.3 is 0 Å². The summed E-state index contributed by atoms with van der Waals surface area (Å²) in [7, 11) is 3.24. The maximum Gasteiger partial charge on any atom is 0.248 e. The molecular formula is C23H28F2N2O. The molecule has 0 saturated carbocycles. The lowest BCUT2D eigenvalue weighted by atomic mass is 9.92. The SMILES string of the molecule is CC(=Cc1c(C)c(F)c(-c2ccc(NC(C)C)cc2)c(C)c1F)C(=O)N(C)C. The number of rotatable bonds is 5. The minimum Gasteiger partial charge on any atom is -0.383 e. The third-order valence-electron chi connectivity index (χ3n) is 4.63. The Morgan fingerprint density at radius 1 is 1.04 bits per heavy atom. The molecule has 0 radical (unpaired) electrons. The second-order valence-corrected chi connectivity index (χ2v) is 7.57. The lowest BCUT2D eigenvalue weighted by Crippen LogP contribution is -2.22. The van der Waals surface area contributed by atoms with Gasteiger partial charge in [0.25, 0.3) is 0 Å². The third kappa shape index (κ3) is 4.41. The number of halogens is 2. The average molecular weight is 386 g/mol. The normalized spacial score (nSPS) is 11.7. The van der Waals surface area contributed by atoms with Gasteiger partial charge in [-0.3, -0.25) is 4.79 Å². The van der Waals surface area contributed by atoms with Gasteiger partial charge in [-0.2, -0.15) is 0 Å². The number of anilines is 1. The number of hydrogen-bond donors (Lipinski definition) is 1. The van der Waals surface area contributed by atoms with Crippen LogP contribution in [-0.2, 0) is 4.79 Å². The predicted octanol–water partition coefficient (Wildman–Crippen LogP) is 5.56. The fourth-order valence-corrected chi connectivity index (χ4v) is 3.16. The van der Waals surface area contributed by atoms with Crippen molar-refractivity contribution in [2.45, 2.75) is 40.7 Å². The lowest BCUT2D eigenvalue weighted by Gasteiger charge is -2.17. The van der Waals surface area contributed by atoms with E-state index in [2.05, 4.69) is 5.32 Å². The molecule has 0 aliphatic carbocycles. The van der Waals surface area contributed by atoms with Crippen LogP contribution in [-0.4, -0.2) is 30.9 Å². The van der Waals surface area contributed by atoms with Gasteiger partial charge in [-0.1, -0.05) is 12.1 Å². The zero-order chi connectivity index (χ0) is 21.2. The van der Waals surface area contributed by atoms with Crippen LogP contribution in [0.3, 0.4) is 0 Å². The molecule has 3 nitrogen and oxygen atoms in total. The number of hydrogen-bond acceptors (Lipinski definition) is 2. The molecule has 0 atom stereocenters.